The molecule has 0 amide bonds. The SMILES string of the molecule is CC/C=C\C/C=C\C/C=C\C/C=C\CCCCCCCCCCC(=O)OCC(COC(=O)CCCCCCCCC/C=C\CCCCCCCCC)OC(=O)CCCCCCCCCCCCCCCCCCCCC. The third-order valence-corrected chi connectivity index (χ3v) is 14.8. The smallest absolute Gasteiger partial charge is 0.306 e. The maximum absolute atomic E-state index is 12.9. The third-order valence-electron chi connectivity index (χ3n) is 14.8. The minimum atomic E-state index is -0.779. The van der Waals surface area contributed by atoms with Crippen LogP contribution in [0.25, 0.3) is 0 Å². The van der Waals surface area contributed by atoms with Crippen LogP contribution in [0.15, 0.2) is 60.8 Å². The van der Waals surface area contributed by atoms with Crippen molar-refractivity contribution in [3.05, 3.63) is 60.8 Å². The summed E-state index contributed by atoms with van der Waals surface area (Å²) < 4.78 is 17.0. The Bertz CT molecular complexity index is 1360. The van der Waals surface area contributed by atoms with Crippen LogP contribution in [-0.4, -0.2) is 37.2 Å². The number of unbranched alkanes of at least 4 members (excludes halogenated alkanes) is 40. The highest BCUT2D eigenvalue weighted by Crippen LogP contribution is 2.17. The summed E-state index contributed by atoms with van der Waals surface area (Å²) in [4.78, 5) is 38.4. The van der Waals surface area contributed by atoms with E-state index in [0.29, 0.717) is 19.3 Å². The number of rotatable bonds is 61. The number of hydrogen-bond donors (Lipinski definition) is 0. The fraction of sp³-hybridized carbons (Fsp3) is 0.814. The van der Waals surface area contributed by atoms with Gasteiger partial charge in [0.05, 0.1) is 0 Å². The topological polar surface area (TPSA) is 78.9 Å². The molecule has 0 saturated carbocycles. The van der Waals surface area contributed by atoms with Crippen LogP contribution in [0.4, 0.5) is 0 Å². The summed E-state index contributed by atoms with van der Waals surface area (Å²) in [5.41, 5.74) is 0. The summed E-state index contributed by atoms with van der Waals surface area (Å²) in [7, 11) is 0. The van der Waals surface area contributed by atoms with Crippen LogP contribution in [0.5, 0.6) is 0 Å². The normalized spacial score (nSPS) is 12.4. The number of carbonyl (C=O) groups excluding carboxylic acids is 3. The van der Waals surface area contributed by atoms with E-state index < -0.39 is 6.10 Å². The van der Waals surface area contributed by atoms with Crippen LogP contribution in [-0.2, 0) is 28.6 Å². The van der Waals surface area contributed by atoms with Gasteiger partial charge >= 0.3 is 17.9 Å². The van der Waals surface area contributed by atoms with Gasteiger partial charge in [-0.1, -0.05) is 306 Å². The molecule has 0 spiro atoms. The lowest BCUT2D eigenvalue weighted by Crippen LogP contribution is -2.30. The van der Waals surface area contributed by atoms with E-state index in [4.69, 9.17) is 14.2 Å². The maximum atomic E-state index is 12.9. The predicted molar refractivity (Wildman–Crippen MR) is 330 cm³/mol. The summed E-state index contributed by atoms with van der Waals surface area (Å²) in [6.07, 6.45) is 82.2. The van der Waals surface area contributed by atoms with Crippen molar-refractivity contribution in [3.8, 4) is 0 Å². The Labute approximate surface area is 472 Å². The number of hydrogen-bond acceptors (Lipinski definition) is 6. The van der Waals surface area contributed by atoms with E-state index in [1.807, 2.05) is 0 Å². The molecule has 0 fully saturated rings. The van der Waals surface area contributed by atoms with Crippen LogP contribution in [0.1, 0.15) is 348 Å². The first-order chi connectivity index (χ1) is 37.5. The standard InChI is InChI=1S/C70H126O6/c1-4-7-10-13-16-19-22-25-28-31-34-35-37-39-42-45-48-51-54-57-60-63-69(72)75-66-67(65-74-68(71)62-59-56-53-50-47-44-41-38-33-30-27-24-21-18-15-12-9-6-3)76-70(73)64-61-58-55-52-49-46-43-40-36-32-29-26-23-20-17-14-11-8-5-2/h7,10,16,19,25,28,30,33-35,67H,4-6,8-9,11-15,17-18,20-24,26-27,29,31-32,36-66H2,1-3H3/b10-7-,19-16-,28-25-,33-30-,35-34-. The summed E-state index contributed by atoms with van der Waals surface area (Å²) >= 11 is 0. The second-order valence-corrected chi connectivity index (χ2v) is 22.4. The van der Waals surface area contributed by atoms with Crippen molar-refractivity contribution >= 4 is 17.9 Å². The summed E-state index contributed by atoms with van der Waals surface area (Å²) in [6.45, 7) is 6.58. The first-order valence-electron chi connectivity index (χ1n) is 33.3. The Kier molecular flexibility index (Phi) is 62.2. The summed E-state index contributed by atoms with van der Waals surface area (Å²) in [5.74, 6) is -0.865. The van der Waals surface area contributed by atoms with E-state index in [9.17, 15) is 14.4 Å². The van der Waals surface area contributed by atoms with Gasteiger partial charge in [0.15, 0.2) is 6.10 Å². The maximum Gasteiger partial charge on any atom is 0.306 e. The van der Waals surface area contributed by atoms with Crippen molar-refractivity contribution in [1.29, 1.82) is 0 Å². The van der Waals surface area contributed by atoms with Gasteiger partial charge in [-0.05, 0) is 83.5 Å². The highest BCUT2D eigenvalue weighted by atomic mass is 16.6. The van der Waals surface area contributed by atoms with Gasteiger partial charge in [-0.2, -0.15) is 0 Å². The molecule has 0 aromatic carbocycles. The van der Waals surface area contributed by atoms with Gasteiger partial charge < -0.3 is 14.2 Å². The first kappa shape index (κ1) is 73.1. The van der Waals surface area contributed by atoms with Crippen molar-refractivity contribution in [3.63, 3.8) is 0 Å². The quantitative estimate of drug-likeness (QED) is 0.0261. The van der Waals surface area contributed by atoms with Gasteiger partial charge in [-0.25, -0.2) is 0 Å². The van der Waals surface area contributed by atoms with Gasteiger partial charge in [-0.15, -0.1) is 0 Å². The molecule has 1 atom stereocenters. The van der Waals surface area contributed by atoms with Crippen molar-refractivity contribution in [2.75, 3.05) is 13.2 Å². The monoisotopic (exact) mass is 1060 g/mol. The van der Waals surface area contributed by atoms with Gasteiger partial charge in [-0.3, -0.25) is 14.4 Å². The minimum absolute atomic E-state index is 0.0754. The largest absolute Gasteiger partial charge is 0.462 e. The highest BCUT2D eigenvalue weighted by Gasteiger charge is 2.19. The minimum Gasteiger partial charge on any atom is -0.462 e. The predicted octanol–water partition coefficient (Wildman–Crippen LogP) is 22.7. The Hall–Kier alpha value is -2.89. The van der Waals surface area contributed by atoms with Crippen LogP contribution >= 0.6 is 0 Å². The van der Waals surface area contributed by atoms with Crippen molar-refractivity contribution < 1.29 is 28.6 Å². The summed E-state index contributed by atoms with van der Waals surface area (Å²) in [6, 6.07) is 0. The molecule has 0 N–H and O–H groups in total. The number of ether oxygens (including phenoxy) is 3. The molecule has 6 nitrogen and oxygen atoms in total. The molecule has 442 valence electrons. The average molecular weight is 1060 g/mol. The van der Waals surface area contributed by atoms with Gasteiger partial charge in [0.1, 0.15) is 13.2 Å². The fourth-order valence-corrected chi connectivity index (χ4v) is 9.79. The average Bonchev–Trinajstić information content (AvgIpc) is 3.42. The molecule has 0 bridgehead atoms. The Balaban J connectivity index is 4.36. The van der Waals surface area contributed by atoms with Crippen LogP contribution in [0.3, 0.4) is 0 Å². The molecule has 0 saturated heterocycles. The van der Waals surface area contributed by atoms with E-state index >= 15 is 0 Å². The summed E-state index contributed by atoms with van der Waals surface area (Å²) in [5, 5.41) is 0. The first-order valence-corrected chi connectivity index (χ1v) is 33.3. The number of carbonyl (C=O) groups is 3. The van der Waals surface area contributed by atoms with E-state index in [2.05, 4.69) is 81.5 Å². The molecule has 0 aromatic rings. The molecule has 1 unspecified atom stereocenters. The number of allylic oxidation sites excluding steroid dienone is 10. The van der Waals surface area contributed by atoms with Crippen molar-refractivity contribution in [2.24, 2.45) is 0 Å². The molecule has 0 aliphatic heterocycles. The highest BCUT2D eigenvalue weighted by molar-refractivity contribution is 5.71. The molecule has 76 heavy (non-hydrogen) atoms. The molecule has 0 radical (unpaired) electrons. The lowest BCUT2D eigenvalue weighted by molar-refractivity contribution is -0.167. The van der Waals surface area contributed by atoms with Gasteiger partial charge in [0, 0.05) is 19.3 Å². The van der Waals surface area contributed by atoms with Gasteiger partial charge in [0.2, 0.25) is 0 Å². The zero-order valence-corrected chi connectivity index (χ0v) is 50.8. The van der Waals surface area contributed by atoms with E-state index in [1.165, 1.54) is 218 Å². The van der Waals surface area contributed by atoms with E-state index in [1.54, 1.807) is 0 Å². The second-order valence-electron chi connectivity index (χ2n) is 22.4. The Morgan fingerprint density at radius 3 is 0.816 bits per heavy atom. The molecular weight excluding hydrogens is 937 g/mol. The van der Waals surface area contributed by atoms with Crippen LogP contribution in [0.2, 0.25) is 0 Å². The Morgan fingerprint density at radius 2 is 0.513 bits per heavy atom. The molecule has 0 heterocycles. The Morgan fingerprint density at radius 1 is 0.276 bits per heavy atom. The zero-order chi connectivity index (χ0) is 55.0. The second kappa shape index (κ2) is 64.6. The van der Waals surface area contributed by atoms with Crippen LogP contribution in [0, 0.1) is 0 Å². The molecule has 0 aliphatic carbocycles. The molecule has 0 rings (SSSR count). The van der Waals surface area contributed by atoms with Crippen LogP contribution < -0.4 is 0 Å². The van der Waals surface area contributed by atoms with Crippen molar-refractivity contribution in [1.82, 2.24) is 0 Å². The molecule has 0 aromatic heterocycles. The van der Waals surface area contributed by atoms with E-state index in [-0.39, 0.29) is 31.1 Å². The number of esters is 3. The molecular formula is C70H126O6. The van der Waals surface area contributed by atoms with E-state index in [0.717, 1.165) is 89.9 Å². The third kappa shape index (κ3) is 62.0. The fourth-order valence-electron chi connectivity index (χ4n) is 9.79. The zero-order valence-electron chi connectivity index (χ0n) is 50.8. The molecule has 0 aliphatic rings. The van der Waals surface area contributed by atoms with Gasteiger partial charge in [0.25, 0.3) is 0 Å². The van der Waals surface area contributed by atoms with Crippen molar-refractivity contribution in [2.45, 2.75) is 354 Å². The lowest BCUT2D eigenvalue weighted by Gasteiger charge is -2.18. The molecule has 6 heteroatoms. The lowest BCUT2D eigenvalue weighted by atomic mass is 10.0.